The van der Waals surface area contributed by atoms with E-state index in [2.05, 4.69) is 10.4 Å². The number of thioether (sulfide) groups is 1. The van der Waals surface area contributed by atoms with Crippen LogP contribution in [0.1, 0.15) is 12.6 Å². The monoisotopic (exact) mass is 302 g/mol. The summed E-state index contributed by atoms with van der Waals surface area (Å²) < 4.78 is 1.32. The van der Waals surface area contributed by atoms with E-state index in [-0.39, 0.29) is 22.2 Å². The quantitative estimate of drug-likeness (QED) is 0.440. The molecule has 110 valence electrons. The number of amides is 1. The zero-order valence-electron chi connectivity index (χ0n) is 11.1. The number of nitrogens with one attached hydrogen (secondary N) is 1. The highest BCUT2D eigenvalue weighted by Gasteiger charge is 2.27. The van der Waals surface area contributed by atoms with Crippen LogP contribution >= 0.6 is 11.8 Å². The second kappa shape index (κ2) is 6.37. The molecule has 0 aromatic carbocycles. The van der Waals surface area contributed by atoms with Crippen molar-refractivity contribution >= 4 is 29.3 Å². The minimum atomic E-state index is -1.20. The molecule has 0 aliphatic heterocycles. The van der Waals surface area contributed by atoms with E-state index in [1.54, 1.807) is 0 Å². The Morgan fingerprint density at radius 2 is 2.20 bits per heavy atom. The molecule has 0 aliphatic carbocycles. The summed E-state index contributed by atoms with van der Waals surface area (Å²) in [5.41, 5.74) is 0.107. The molecule has 9 nitrogen and oxygen atoms in total. The molecule has 1 rings (SSSR count). The van der Waals surface area contributed by atoms with Crippen LogP contribution in [0.15, 0.2) is 5.03 Å². The van der Waals surface area contributed by atoms with E-state index < -0.39 is 22.8 Å². The fraction of sp³-hybridized carbons (Fsp3) is 0.500. The number of carboxylic acid groups (broad SMARTS) is 1. The van der Waals surface area contributed by atoms with E-state index in [0.29, 0.717) is 0 Å². The van der Waals surface area contributed by atoms with E-state index in [1.165, 1.54) is 25.6 Å². The highest BCUT2D eigenvalue weighted by molar-refractivity contribution is 7.99. The van der Waals surface area contributed by atoms with E-state index in [1.807, 2.05) is 0 Å². The van der Waals surface area contributed by atoms with Gasteiger partial charge < -0.3 is 10.4 Å². The molecule has 1 atom stereocenters. The molecule has 20 heavy (non-hydrogen) atoms. The molecule has 0 unspecified atom stereocenters. The first-order chi connectivity index (χ1) is 9.23. The molecule has 1 heterocycles. The Bertz CT molecular complexity index is 556. The van der Waals surface area contributed by atoms with Crippen LogP contribution in [-0.4, -0.2) is 43.5 Å². The van der Waals surface area contributed by atoms with Crippen LogP contribution in [0.25, 0.3) is 0 Å². The van der Waals surface area contributed by atoms with Gasteiger partial charge in [0, 0.05) is 19.7 Å². The van der Waals surface area contributed by atoms with Crippen LogP contribution in [-0.2, 0) is 16.6 Å². The summed E-state index contributed by atoms with van der Waals surface area (Å²) in [5, 5.41) is 26.4. The molecule has 2 N–H and O–H groups in total. The summed E-state index contributed by atoms with van der Waals surface area (Å²) in [4.78, 5) is 32.3. The van der Waals surface area contributed by atoms with Gasteiger partial charge in [-0.25, -0.2) is 4.79 Å². The minimum absolute atomic E-state index is 0.0330. The summed E-state index contributed by atoms with van der Waals surface area (Å²) in [6.45, 7) is 2.71. The molecule has 0 saturated heterocycles. The van der Waals surface area contributed by atoms with Crippen molar-refractivity contribution in [1.82, 2.24) is 15.1 Å². The second-order valence-corrected chi connectivity index (χ2v) is 5.03. The third kappa shape index (κ3) is 3.70. The Kier molecular flexibility index (Phi) is 5.08. The van der Waals surface area contributed by atoms with Crippen molar-refractivity contribution in [2.75, 3.05) is 5.75 Å². The van der Waals surface area contributed by atoms with Crippen molar-refractivity contribution in [2.24, 2.45) is 7.05 Å². The van der Waals surface area contributed by atoms with Crippen molar-refractivity contribution in [3.05, 3.63) is 15.8 Å². The van der Waals surface area contributed by atoms with Gasteiger partial charge in [0.2, 0.25) is 5.91 Å². The second-order valence-electron chi connectivity index (χ2n) is 4.02. The normalized spacial score (nSPS) is 11.9. The number of carboxylic acids is 1. The lowest BCUT2D eigenvalue weighted by molar-refractivity contribution is -0.388. The zero-order chi connectivity index (χ0) is 15.4. The number of aromatic nitrogens is 2. The molecule has 10 heteroatoms. The van der Waals surface area contributed by atoms with Crippen LogP contribution in [0.3, 0.4) is 0 Å². The molecule has 0 radical (unpaired) electrons. The first kappa shape index (κ1) is 16.0. The Balaban J connectivity index is 2.90. The number of aryl methyl sites for hydroxylation is 2. The van der Waals surface area contributed by atoms with Crippen molar-refractivity contribution in [2.45, 2.75) is 24.9 Å². The van der Waals surface area contributed by atoms with Crippen LogP contribution in [0.5, 0.6) is 0 Å². The number of hydrogen-bond acceptors (Lipinski definition) is 6. The van der Waals surface area contributed by atoms with E-state index in [0.717, 1.165) is 11.8 Å². The lowest BCUT2D eigenvalue weighted by atomic mass is 10.3. The predicted molar refractivity (Wildman–Crippen MR) is 70.6 cm³/mol. The average molecular weight is 302 g/mol. The fourth-order valence-electron chi connectivity index (χ4n) is 1.58. The van der Waals surface area contributed by atoms with Gasteiger partial charge in [-0.3, -0.25) is 19.6 Å². The average Bonchev–Trinajstić information content (AvgIpc) is 2.58. The van der Waals surface area contributed by atoms with Gasteiger partial charge in [-0.1, -0.05) is 11.8 Å². The highest BCUT2D eigenvalue weighted by atomic mass is 32.2. The molecule has 0 aliphatic rings. The number of hydrogen-bond donors (Lipinski definition) is 2. The number of nitro groups is 1. The summed E-state index contributed by atoms with van der Waals surface area (Å²) in [6, 6.07) is -1.12. The van der Waals surface area contributed by atoms with Crippen LogP contribution in [0, 0.1) is 17.0 Å². The molecule has 1 aromatic rings. The molecular formula is C10H14N4O5S. The van der Waals surface area contributed by atoms with Gasteiger partial charge in [-0.05, 0) is 6.92 Å². The van der Waals surface area contributed by atoms with Gasteiger partial charge in [-0.15, -0.1) is 0 Å². The topological polar surface area (TPSA) is 127 Å². The fourth-order valence-corrected chi connectivity index (χ4v) is 2.72. The van der Waals surface area contributed by atoms with Crippen LogP contribution < -0.4 is 5.32 Å². The SMILES string of the molecule is CC(=O)N[C@@H](CSc1c([N+](=O)[O-])c(C)nn1C)C(=O)O. The van der Waals surface area contributed by atoms with Crippen LogP contribution in [0.2, 0.25) is 0 Å². The smallest absolute Gasteiger partial charge is 0.327 e. The maximum atomic E-state index is 11.0. The maximum absolute atomic E-state index is 11.0. The summed E-state index contributed by atoms with van der Waals surface area (Å²) in [6.07, 6.45) is 0. The number of nitrogens with zero attached hydrogens (tertiary/aromatic N) is 3. The minimum Gasteiger partial charge on any atom is -0.480 e. The molecule has 0 saturated carbocycles. The van der Waals surface area contributed by atoms with Gasteiger partial charge in [0.05, 0.1) is 4.92 Å². The van der Waals surface area contributed by atoms with E-state index >= 15 is 0 Å². The molecular weight excluding hydrogens is 288 g/mol. The van der Waals surface area contributed by atoms with Gasteiger partial charge in [0.1, 0.15) is 11.7 Å². The largest absolute Gasteiger partial charge is 0.480 e. The Labute approximate surface area is 118 Å². The lowest BCUT2D eigenvalue weighted by Gasteiger charge is -2.12. The Morgan fingerprint density at radius 1 is 1.60 bits per heavy atom. The lowest BCUT2D eigenvalue weighted by Crippen LogP contribution is -2.41. The van der Waals surface area contributed by atoms with Crippen molar-refractivity contribution in [3.63, 3.8) is 0 Å². The first-order valence-corrected chi connectivity index (χ1v) is 6.53. The Hall–Kier alpha value is -2.10. The van der Waals surface area contributed by atoms with Crippen molar-refractivity contribution in [1.29, 1.82) is 0 Å². The van der Waals surface area contributed by atoms with E-state index in [9.17, 15) is 19.7 Å². The number of carbonyl (C=O) groups excluding carboxylic acids is 1. The maximum Gasteiger partial charge on any atom is 0.327 e. The molecule has 0 bridgehead atoms. The summed E-state index contributed by atoms with van der Waals surface area (Å²) >= 11 is 0.964. The predicted octanol–water partition coefficient (Wildman–Crippen LogP) is 0.318. The van der Waals surface area contributed by atoms with Gasteiger partial charge in [0.25, 0.3) is 0 Å². The number of rotatable bonds is 6. The Morgan fingerprint density at radius 3 is 2.65 bits per heavy atom. The van der Waals surface area contributed by atoms with E-state index in [4.69, 9.17) is 5.11 Å². The molecule has 1 aromatic heterocycles. The summed E-state index contributed by atoms with van der Waals surface area (Å²) in [7, 11) is 1.54. The third-order valence-corrected chi connectivity index (χ3v) is 3.62. The summed E-state index contributed by atoms with van der Waals surface area (Å²) in [5.74, 6) is -1.71. The van der Waals surface area contributed by atoms with Crippen LogP contribution in [0.4, 0.5) is 5.69 Å². The number of aliphatic carboxylic acids is 1. The number of carbonyl (C=O) groups is 2. The standard InChI is InChI=1S/C10H14N4O5S/c1-5-8(14(18)19)9(13(3)12-5)20-4-7(10(16)17)11-6(2)15/h7H,4H2,1-3H3,(H,11,15)(H,16,17)/t7-/m0/s1. The zero-order valence-corrected chi connectivity index (χ0v) is 11.9. The van der Waals surface area contributed by atoms with Crippen molar-refractivity contribution in [3.8, 4) is 0 Å². The third-order valence-electron chi connectivity index (χ3n) is 2.38. The van der Waals surface area contributed by atoms with Gasteiger partial charge in [0.15, 0.2) is 5.03 Å². The molecule has 0 spiro atoms. The highest BCUT2D eigenvalue weighted by Crippen LogP contribution is 2.31. The molecule has 0 fully saturated rings. The van der Waals surface area contributed by atoms with Gasteiger partial charge in [-0.2, -0.15) is 5.10 Å². The first-order valence-electron chi connectivity index (χ1n) is 5.54. The van der Waals surface area contributed by atoms with Gasteiger partial charge >= 0.3 is 11.7 Å². The molecule has 1 amide bonds. The van der Waals surface area contributed by atoms with Crippen molar-refractivity contribution < 1.29 is 19.6 Å².